The fourth-order valence-corrected chi connectivity index (χ4v) is 1.85. The zero-order chi connectivity index (χ0) is 10.1. The molecule has 1 aromatic carbocycles. The van der Waals surface area contributed by atoms with Crippen molar-refractivity contribution < 1.29 is 19.1 Å². The van der Waals surface area contributed by atoms with Crippen LogP contribution in [0.3, 0.4) is 0 Å². The Kier molecular flexibility index (Phi) is 2.76. The van der Waals surface area contributed by atoms with E-state index in [0.717, 1.165) is 5.56 Å². The van der Waals surface area contributed by atoms with E-state index in [1.807, 2.05) is 0 Å². The third kappa shape index (κ3) is 2.31. The molecule has 1 rings (SSSR count). The van der Waals surface area contributed by atoms with Gasteiger partial charge in [0.1, 0.15) is 11.1 Å². The van der Waals surface area contributed by atoms with E-state index in [9.17, 15) is 4.57 Å². The van der Waals surface area contributed by atoms with Gasteiger partial charge in [0.05, 0.1) is 7.11 Å². The smallest absolute Gasteiger partial charge is 0.359 e. The summed E-state index contributed by atoms with van der Waals surface area (Å²) >= 11 is 0. The molecule has 0 amide bonds. The van der Waals surface area contributed by atoms with Crippen LogP contribution in [-0.2, 0) is 4.57 Å². The topological polar surface area (TPSA) is 66.8 Å². The maximum absolute atomic E-state index is 11.0. The Bertz CT molecular complexity index is 355. The predicted octanol–water partition coefficient (Wildman–Crippen LogP) is 0.807. The quantitative estimate of drug-likeness (QED) is 0.696. The molecule has 1 aromatic rings. The normalized spacial score (nSPS) is 11.4. The maximum Gasteiger partial charge on any atom is 0.359 e. The van der Waals surface area contributed by atoms with Crippen LogP contribution in [0.2, 0.25) is 0 Å². The first kappa shape index (κ1) is 10.3. The molecule has 0 fully saturated rings. The van der Waals surface area contributed by atoms with Crippen molar-refractivity contribution in [1.82, 2.24) is 0 Å². The van der Waals surface area contributed by atoms with Crippen LogP contribution in [0.15, 0.2) is 18.2 Å². The van der Waals surface area contributed by atoms with Gasteiger partial charge in [0.15, 0.2) is 0 Å². The van der Waals surface area contributed by atoms with E-state index in [1.165, 1.54) is 13.2 Å². The van der Waals surface area contributed by atoms with E-state index < -0.39 is 7.60 Å². The summed E-state index contributed by atoms with van der Waals surface area (Å²) < 4.78 is 15.8. The van der Waals surface area contributed by atoms with Gasteiger partial charge in [-0.2, -0.15) is 0 Å². The van der Waals surface area contributed by atoms with E-state index in [2.05, 4.69) is 0 Å². The molecule has 5 heteroatoms. The van der Waals surface area contributed by atoms with Crippen molar-refractivity contribution in [2.24, 2.45) is 0 Å². The standard InChI is InChI=1S/C8H11O4P/c1-6-3-4-7(12-2)8(5-6)13(9,10)11/h3-5H,1-2H3,(H2,9,10,11). The van der Waals surface area contributed by atoms with Crippen molar-refractivity contribution in [1.29, 1.82) is 0 Å². The number of ether oxygens (including phenoxy) is 1. The van der Waals surface area contributed by atoms with Crippen LogP contribution in [0, 0.1) is 6.92 Å². The summed E-state index contributed by atoms with van der Waals surface area (Å²) in [6.07, 6.45) is 0. The predicted molar refractivity (Wildman–Crippen MR) is 49.4 cm³/mol. The number of aryl methyl sites for hydroxylation is 1. The molecular weight excluding hydrogens is 191 g/mol. The van der Waals surface area contributed by atoms with Crippen molar-refractivity contribution in [3.8, 4) is 5.75 Å². The van der Waals surface area contributed by atoms with Gasteiger partial charge in [-0.15, -0.1) is 0 Å². The minimum Gasteiger partial charge on any atom is -0.496 e. The van der Waals surface area contributed by atoms with E-state index >= 15 is 0 Å². The van der Waals surface area contributed by atoms with Crippen LogP contribution < -0.4 is 10.0 Å². The van der Waals surface area contributed by atoms with Crippen LogP contribution in [0.25, 0.3) is 0 Å². The van der Waals surface area contributed by atoms with E-state index in [4.69, 9.17) is 14.5 Å². The highest BCUT2D eigenvalue weighted by Crippen LogP contribution is 2.37. The molecule has 0 aliphatic heterocycles. The Balaban J connectivity index is 3.33. The lowest BCUT2D eigenvalue weighted by Gasteiger charge is -2.10. The largest absolute Gasteiger partial charge is 0.496 e. The molecule has 0 radical (unpaired) electrons. The van der Waals surface area contributed by atoms with Crippen LogP contribution in [0.5, 0.6) is 5.75 Å². The molecule has 72 valence electrons. The van der Waals surface area contributed by atoms with Gasteiger partial charge in [-0.05, 0) is 24.6 Å². The Labute approximate surface area is 76.3 Å². The Morgan fingerprint density at radius 2 is 2.00 bits per heavy atom. The first-order chi connectivity index (χ1) is 5.95. The second kappa shape index (κ2) is 3.50. The van der Waals surface area contributed by atoms with E-state index in [-0.39, 0.29) is 11.1 Å². The Morgan fingerprint density at radius 1 is 1.38 bits per heavy atom. The monoisotopic (exact) mass is 202 g/mol. The van der Waals surface area contributed by atoms with Crippen LogP contribution in [-0.4, -0.2) is 16.9 Å². The molecule has 0 saturated heterocycles. The number of hydrogen-bond acceptors (Lipinski definition) is 2. The molecule has 0 aliphatic rings. The average Bonchev–Trinajstić information content (AvgIpc) is 2.03. The summed E-state index contributed by atoms with van der Waals surface area (Å²) in [5.41, 5.74) is 0.791. The molecule has 0 saturated carbocycles. The lowest BCUT2D eigenvalue weighted by Crippen LogP contribution is -2.08. The van der Waals surface area contributed by atoms with Gasteiger partial charge < -0.3 is 14.5 Å². The van der Waals surface area contributed by atoms with Crippen LogP contribution >= 0.6 is 7.60 Å². The fourth-order valence-electron chi connectivity index (χ4n) is 1.03. The molecule has 0 bridgehead atoms. The number of hydrogen-bond donors (Lipinski definition) is 2. The second-order valence-corrected chi connectivity index (χ2v) is 4.29. The molecule has 0 heterocycles. The first-order valence-electron chi connectivity index (χ1n) is 3.66. The SMILES string of the molecule is COc1ccc(C)cc1P(=O)(O)O. The Hall–Kier alpha value is -0.830. The summed E-state index contributed by atoms with van der Waals surface area (Å²) in [5, 5.41) is -0.0602. The van der Waals surface area contributed by atoms with Crippen molar-refractivity contribution in [3.63, 3.8) is 0 Å². The maximum atomic E-state index is 11.0. The average molecular weight is 202 g/mol. The molecule has 13 heavy (non-hydrogen) atoms. The van der Waals surface area contributed by atoms with E-state index in [1.54, 1.807) is 19.1 Å². The second-order valence-electron chi connectivity index (χ2n) is 2.72. The molecule has 0 atom stereocenters. The Morgan fingerprint density at radius 3 is 2.46 bits per heavy atom. The molecule has 0 unspecified atom stereocenters. The number of benzene rings is 1. The zero-order valence-corrected chi connectivity index (χ0v) is 8.28. The number of rotatable bonds is 2. The van der Waals surface area contributed by atoms with Gasteiger partial charge >= 0.3 is 7.60 Å². The molecule has 0 aromatic heterocycles. The van der Waals surface area contributed by atoms with Gasteiger partial charge in [0.2, 0.25) is 0 Å². The lowest BCUT2D eigenvalue weighted by molar-refractivity contribution is 0.380. The first-order valence-corrected chi connectivity index (χ1v) is 5.27. The van der Waals surface area contributed by atoms with Crippen molar-refractivity contribution >= 4 is 12.9 Å². The van der Waals surface area contributed by atoms with Gasteiger partial charge in [-0.25, -0.2) is 0 Å². The van der Waals surface area contributed by atoms with E-state index in [0.29, 0.717) is 0 Å². The summed E-state index contributed by atoms with van der Waals surface area (Å²) in [4.78, 5) is 17.9. The lowest BCUT2D eigenvalue weighted by atomic mass is 10.2. The minimum absolute atomic E-state index is 0.0602. The summed E-state index contributed by atoms with van der Waals surface area (Å²) in [5.74, 6) is 0.221. The minimum atomic E-state index is -4.22. The highest BCUT2D eigenvalue weighted by Gasteiger charge is 2.22. The van der Waals surface area contributed by atoms with Crippen LogP contribution in [0.4, 0.5) is 0 Å². The summed E-state index contributed by atoms with van der Waals surface area (Å²) in [6, 6.07) is 4.71. The van der Waals surface area contributed by atoms with Crippen molar-refractivity contribution in [2.75, 3.05) is 7.11 Å². The molecule has 2 N–H and O–H groups in total. The van der Waals surface area contributed by atoms with Gasteiger partial charge in [-0.3, -0.25) is 4.57 Å². The molecule has 4 nitrogen and oxygen atoms in total. The third-order valence-electron chi connectivity index (χ3n) is 1.65. The summed E-state index contributed by atoms with van der Waals surface area (Å²) in [7, 11) is -2.85. The zero-order valence-electron chi connectivity index (χ0n) is 7.39. The van der Waals surface area contributed by atoms with Crippen molar-refractivity contribution in [3.05, 3.63) is 23.8 Å². The van der Waals surface area contributed by atoms with Crippen molar-refractivity contribution in [2.45, 2.75) is 6.92 Å². The molecule has 0 spiro atoms. The van der Waals surface area contributed by atoms with Gasteiger partial charge in [0, 0.05) is 0 Å². The summed E-state index contributed by atoms with van der Waals surface area (Å²) in [6.45, 7) is 1.76. The highest BCUT2D eigenvalue weighted by atomic mass is 31.2. The third-order valence-corrected chi connectivity index (χ3v) is 2.63. The molecule has 0 aliphatic carbocycles. The molecular formula is C8H11O4P. The van der Waals surface area contributed by atoms with Gasteiger partial charge in [-0.1, -0.05) is 6.07 Å². The van der Waals surface area contributed by atoms with Gasteiger partial charge in [0.25, 0.3) is 0 Å². The number of methoxy groups -OCH3 is 1. The highest BCUT2D eigenvalue weighted by molar-refractivity contribution is 7.60. The van der Waals surface area contributed by atoms with Crippen LogP contribution in [0.1, 0.15) is 5.56 Å². The fraction of sp³-hybridized carbons (Fsp3) is 0.250.